The molecule has 1 spiro atoms. The number of nitrogens with one attached hydrogen (secondary N) is 1. The maximum absolute atomic E-state index is 13.4. The van der Waals surface area contributed by atoms with E-state index >= 15 is 0 Å². The zero-order valence-electron chi connectivity index (χ0n) is 19.5. The van der Waals surface area contributed by atoms with Crippen molar-refractivity contribution in [1.82, 2.24) is 19.9 Å². The van der Waals surface area contributed by atoms with Gasteiger partial charge in [0, 0.05) is 18.8 Å². The van der Waals surface area contributed by atoms with Crippen LogP contribution in [0.1, 0.15) is 61.7 Å². The number of carboxylic acid groups (broad SMARTS) is 1. The van der Waals surface area contributed by atoms with Gasteiger partial charge in [-0.3, -0.25) is 4.79 Å². The third-order valence-electron chi connectivity index (χ3n) is 7.41. The number of carboxylic acids is 1. The fourth-order valence-electron chi connectivity index (χ4n) is 5.15. The van der Waals surface area contributed by atoms with Gasteiger partial charge in [-0.2, -0.15) is 31.4 Å². The lowest BCUT2D eigenvalue weighted by atomic mass is 9.81. The van der Waals surface area contributed by atoms with Gasteiger partial charge in [0.2, 0.25) is 11.8 Å². The van der Waals surface area contributed by atoms with Crippen molar-refractivity contribution in [1.29, 1.82) is 0 Å². The molecule has 1 saturated heterocycles. The van der Waals surface area contributed by atoms with E-state index in [0.717, 1.165) is 0 Å². The number of aliphatic carboxylic acids is 1. The summed E-state index contributed by atoms with van der Waals surface area (Å²) in [5, 5.41) is 13.5. The van der Waals surface area contributed by atoms with Crippen LogP contribution in [0.15, 0.2) is 18.5 Å². The van der Waals surface area contributed by atoms with Crippen LogP contribution in [0.3, 0.4) is 0 Å². The van der Waals surface area contributed by atoms with Crippen molar-refractivity contribution in [2.24, 2.45) is 17.1 Å². The van der Waals surface area contributed by atoms with Gasteiger partial charge in [0.15, 0.2) is 5.65 Å². The summed E-state index contributed by atoms with van der Waals surface area (Å²) in [4.78, 5) is 25.6. The standard InChI is InChI=1S/C20H22F5N5O.C2HF3O2/c21-19(22)3-1-10(2-4-19)16(26)13-9-30-15(28-13)5-11(8-27-30)12-6-18(12)7-14(20(23,24)25)29-17(18)31;3-2(4,5)1(6)7/h5,8-10,12,14,16H,1-4,6-7,26H2,(H,29,31);(H,6,7)/t12-,14+,16+,18-;/m1./s1. The number of halogens is 8. The second-order valence-electron chi connectivity index (χ2n) is 9.96. The first-order chi connectivity index (χ1) is 17.4. The second-order valence-corrected chi connectivity index (χ2v) is 9.96. The molecule has 0 bridgehead atoms. The fourth-order valence-corrected chi connectivity index (χ4v) is 5.15. The highest BCUT2D eigenvalue weighted by Crippen LogP contribution is 2.65. The average Bonchev–Trinajstić information content (AvgIpc) is 3.20. The van der Waals surface area contributed by atoms with E-state index in [-0.39, 0.29) is 31.1 Å². The number of hydrogen-bond donors (Lipinski definition) is 3. The number of fused-ring (bicyclic) bond motifs is 1. The Balaban J connectivity index is 0.000000426. The van der Waals surface area contributed by atoms with Crippen molar-refractivity contribution >= 4 is 17.5 Å². The molecule has 0 unspecified atom stereocenters. The number of carbonyl (C=O) groups is 2. The average molecular weight is 557 g/mol. The molecule has 1 amide bonds. The highest BCUT2D eigenvalue weighted by Gasteiger charge is 2.68. The smallest absolute Gasteiger partial charge is 0.475 e. The summed E-state index contributed by atoms with van der Waals surface area (Å²) >= 11 is 0. The molecule has 210 valence electrons. The molecule has 3 fully saturated rings. The largest absolute Gasteiger partial charge is 0.490 e. The van der Waals surface area contributed by atoms with Crippen LogP contribution < -0.4 is 11.1 Å². The van der Waals surface area contributed by atoms with Gasteiger partial charge in [0.25, 0.3) is 0 Å². The van der Waals surface area contributed by atoms with Crippen molar-refractivity contribution in [3.8, 4) is 0 Å². The van der Waals surface area contributed by atoms with Gasteiger partial charge < -0.3 is 16.2 Å². The number of rotatable bonds is 3. The normalized spacial score (nSPS) is 28.1. The van der Waals surface area contributed by atoms with E-state index in [2.05, 4.69) is 15.4 Å². The Bertz CT molecular complexity index is 1220. The number of carbonyl (C=O) groups excluding carboxylic acids is 1. The van der Waals surface area contributed by atoms with E-state index in [4.69, 9.17) is 15.6 Å². The fraction of sp³-hybridized carbons (Fsp3) is 0.636. The summed E-state index contributed by atoms with van der Waals surface area (Å²) in [6.07, 6.45) is -6.03. The van der Waals surface area contributed by atoms with Crippen LogP contribution >= 0.6 is 0 Å². The van der Waals surface area contributed by atoms with E-state index in [0.29, 0.717) is 36.2 Å². The molecule has 5 rings (SSSR count). The lowest BCUT2D eigenvalue weighted by molar-refractivity contribution is -0.192. The highest BCUT2D eigenvalue weighted by atomic mass is 19.4. The molecule has 1 aliphatic heterocycles. The third kappa shape index (κ3) is 5.54. The van der Waals surface area contributed by atoms with Crippen LogP contribution in [-0.2, 0) is 9.59 Å². The van der Waals surface area contributed by atoms with E-state index in [1.165, 1.54) is 4.52 Å². The molecule has 16 heteroatoms. The molecule has 0 radical (unpaired) electrons. The maximum Gasteiger partial charge on any atom is 0.490 e. The summed E-state index contributed by atoms with van der Waals surface area (Å²) in [6, 6.07) is -0.603. The van der Waals surface area contributed by atoms with E-state index in [9.17, 15) is 39.9 Å². The lowest BCUT2D eigenvalue weighted by Gasteiger charge is -2.31. The van der Waals surface area contributed by atoms with Gasteiger partial charge in [-0.25, -0.2) is 23.1 Å². The van der Waals surface area contributed by atoms with Crippen molar-refractivity contribution in [2.75, 3.05) is 0 Å². The first kappa shape index (κ1) is 28.0. The Morgan fingerprint density at radius 3 is 2.29 bits per heavy atom. The van der Waals surface area contributed by atoms with Crippen LogP contribution in [0.4, 0.5) is 35.1 Å². The molecule has 4 N–H and O–H groups in total. The SMILES string of the molecule is N[C@H](c1cn2ncc([C@H]3C[C@@]34C[C@@H](C(F)(F)F)NC4=O)cc2n1)C1CCC(F)(F)CC1.O=C(O)C(F)(F)F. The minimum atomic E-state index is -5.08. The molecule has 2 aromatic rings. The van der Waals surface area contributed by atoms with Gasteiger partial charge >= 0.3 is 18.3 Å². The van der Waals surface area contributed by atoms with Crippen LogP contribution in [0.25, 0.3) is 5.65 Å². The van der Waals surface area contributed by atoms with Gasteiger partial charge in [-0.15, -0.1) is 0 Å². The molecule has 2 aliphatic carbocycles. The van der Waals surface area contributed by atoms with E-state index in [1.54, 1.807) is 18.5 Å². The number of nitrogens with zero attached hydrogens (tertiary/aromatic N) is 3. The molecule has 3 heterocycles. The van der Waals surface area contributed by atoms with Crippen LogP contribution in [0.5, 0.6) is 0 Å². The Morgan fingerprint density at radius 1 is 1.16 bits per heavy atom. The summed E-state index contributed by atoms with van der Waals surface area (Å²) < 4.78 is 99.2. The third-order valence-corrected chi connectivity index (χ3v) is 7.41. The molecule has 0 aromatic carbocycles. The zero-order valence-corrected chi connectivity index (χ0v) is 19.5. The number of aromatic nitrogens is 3. The minimum Gasteiger partial charge on any atom is -0.475 e. The van der Waals surface area contributed by atoms with Gasteiger partial charge in [-0.05, 0) is 43.2 Å². The Kier molecular flexibility index (Phi) is 6.85. The number of imidazole rings is 1. The van der Waals surface area contributed by atoms with E-state index < -0.39 is 47.7 Å². The summed E-state index contributed by atoms with van der Waals surface area (Å²) in [7, 11) is 0. The Labute approximate surface area is 209 Å². The molecule has 3 aliphatic rings. The number of nitrogens with two attached hydrogens (primary N) is 1. The van der Waals surface area contributed by atoms with Crippen molar-refractivity contribution in [2.45, 2.75) is 74.8 Å². The Morgan fingerprint density at radius 2 is 1.76 bits per heavy atom. The molecule has 38 heavy (non-hydrogen) atoms. The topological polar surface area (TPSA) is 123 Å². The summed E-state index contributed by atoms with van der Waals surface area (Å²) in [5.74, 6) is -6.40. The predicted octanol–water partition coefficient (Wildman–Crippen LogP) is 4.11. The summed E-state index contributed by atoms with van der Waals surface area (Å²) in [5.41, 5.74) is 6.92. The monoisotopic (exact) mass is 557 g/mol. The first-order valence-corrected chi connectivity index (χ1v) is 11.6. The van der Waals surface area contributed by atoms with Crippen molar-refractivity contribution < 1.29 is 49.8 Å². The van der Waals surface area contributed by atoms with Crippen molar-refractivity contribution in [3.05, 3.63) is 29.7 Å². The summed E-state index contributed by atoms with van der Waals surface area (Å²) in [6.45, 7) is 0. The molecule has 2 aromatic heterocycles. The van der Waals surface area contributed by atoms with Gasteiger partial charge in [0.05, 0.1) is 29.5 Å². The number of hydrogen-bond acceptors (Lipinski definition) is 5. The first-order valence-electron chi connectivity index (χ1n) is 11.6. The maximum atomic E-state index is 13.4. The van der Waals surface area contributed by atoms with Crippen LogP contribution in [0, 0.1) is 11.3 Å². The van der Waals surface area contributed by atoms with Crippen LogP contribution in [-0.4, -0.2) is 55.9 Å². The minimum absolute atomic E-state index is 0.0998. The number of alkyl halides is 8. The van der Waals surface area contributed by atoms with Gasteiger partial charge in [-0.1, -0.05) is 0 Å². The quantitative estimate of drug-likeness (QED) is 0.489. The van der Waals surface area contributed by atoms with E-state index in [1.807, 2.05) is 0 Å². The van der Waals surface area contributed by atoms with Crippen molar-refractivity contribution in [3.63, 3.8) is 0 Å². The van der Waals surface area contributed by atoms with Gasteiger partial charge in [0.1, 0.15) is 6.04 Å². The number of amides is 1. The molecular formula is C22H23F8N5O3. The lowest BCUT2D eigenvalue weighted by Crippen LogP contribution is -2.38. The molecule has 4 atom stereocenters. The predicted molar refractivity (Wildman–Crippen MR) is 113 cm³/mol. The highest BCUT2D eigenvalue weighted by molar-refractivity contribution is 5.90. The van der Waals surface area contributed by atoms with Crippen LogP contribution in [0.2, 0.25) is 0 Å². The molecule has 8 nitrogen and oxygen atoms in total. The molecular weight excluding hydrogens is 534 g/mol. The second kappa shape index (κ2) is 9.31. The zero-order chi connectivity index (χ0) is 28.3. The Hall–Kier alpha value is -3.04. The molecule has 2 saturated carbocycles.